The maximum Gasteiger partial charge on any atom is 0.223 e. The van der Waals surface area contributed by atoms with Gasteiger partial charge in [0.1, 0.15) is 0 Å². The number of carbonyl (C=O) groups excluding carboxylic acids is 1. The molecule has 4 N–H and O–H groups in total. The van der Waals surface area contributed by atoms with Crippen molar-refractivity contribution >= 4 is 17.3 Å². The van der Waals surface area contributed by atoms with Gasteiger partial charge in [-0.25, -0.2) is 0 Å². The third-order valence-corrected chi connectivity index (χ3v) is 2.98. The summed E-state index contributed by atoms with van der Waals surface area (Å²) in [5.74, 6) is 0.472. The Labute approximate surface area is 102 Å². The Morgan fingerprint density at radius 1 is 1.41 bits per heavy atom. The van der Waals surface area contributed by atoms with Crippen molar-refractivity contribution in [2.45, 2.75) is 19.8 Å². The molecule has 0 aliphatic heterocycles. The minimum atomic E-state index is 0.190. The Kier molecular flexibility index (Phi) is 3.52. The molecule has 1 amide bonds. The number of rotatable bonds is 5. The van der Waals surface area contributed by atoms with E-state index in [-0.39, 0.29) is 11.8 Å². The Bertz CT molecular complexity index is 413. The predicted octanol–water partition coefficient (Wildman–Crippen LogP) is 1.52. The van der Waals surface area contributed by atoms with E-state index in [1.807, 2.05) is 25.1 Å². The highest BCUT2D eigenvalue weighted by Crippen LogP contribution is 2.28. The fraction of sp³-hybridized carbons (Fsp3) is 0.462. The average molecular weight is 233 g/mol. The van der Waals surface area contributed by atoms with E-state index in [0.29, 0.717) is 6.54 Å². The quantitative estimate of drug-likeness (QED) is 0.533. The smallest absolute Gasteiger partial charge is 0.223 e. The van der Waals surface area contributed by atoms with Gasteiger partial charge in [0.25, 0.3) is 0 Å². The molecule has 1 saturated carbocycles. The van der Waals surface area contributed by atoms with Gasteiger partial charge in [0.15, 0.2) is 0 Å². The number of amides is 1. The molecule has 4 heteroatoms. The second kappa shape index (κ2) is 5.08. The molecule has 0 bridgehead atoms. The summed E-state index contributed by atoms with van der Waals surface area (Å²) in [6.07, 6.45) is 2.10. The van der Waals surface area contributed by atoms with Crippen LogP contribution in [0.2, 0.25) is 0 Å². The van der Waals surface area contributed by atoms with E-state index in [1.165, 1.54) is 0 Å². The molecule has 0 radical (unpaired) electrons. The lowest BCUT2D eigenvalue weighted by molar-refractivity contribution is -0.122. The van der Waals surface area contributed by atoms with E-state index in [2.05, 4.69) is 10.6 Å². The molecule has 0 heterocycles. The highest BCUT2D eigenvalue weighted by molar-refractivity contribution is 5.80. The third-order valence-electron chi connectivity index (χ3n) is 2.98. The van der Waals surface area contributed by atoms with E-state index in [0.717, 1.165) is 36.3 Å². The summed E-state index contributed by atoms with van der Waals surface area (Å²) in [6.45, 7) is 3.36. The van der Waals surface area contributed by atoms with Crippen LogP contribution in [-0.2, 0) is 4.79 Å². The van der Waals surface area contributed by atoms with Gasteiger partial charge >= 0.3 is 0 Å². The number of carbonyl (C=O) groups is 1. The molecule has 2 rings (SSSR count). The minimum Gasteiger partial charge on any atom is -0.398 e. The van der Waals surface area contributed by atoms with Crippen LogP contribution in [0.1, 0.15) is 18.4 Å². The first-order chi connectivity index (χ1) is 8.16. The second-order valence-corrected chi connectivity index (χ2v) is 4.56. The van der Waals surface area contributed by atoms with Crippen molar-refractivity contribution in [2.75, 3.05) is 24.1 Å². The van der Waals surface area contributed by atoms with Crippen molar-refractivity contribution in [3.05, 3.63) is 23.8 Å². The Balaban J connectivity index is 1.70. The maximum atomic E-state index is 11.4. The molecule has 0 saturated heterocycles. The predicted molar refractivity (Wildman–Crippen MR) is 69.8 cm³/mol. The minimum absolute atomic E-state index is 0.190. The van der Waals surface area contributed by atoms with Crippen molar-refractivity contribution in [1.82, 2.24) is 5.32 Å². The van der Waals surface area contributed by atoms with Crippen LogP contribution in [0, 0.1) is 12.8 Å². The monoisotopic (exact) mass is 233 g/mol. The van der Waals surface area contributed by atoms with Crippen LogP contribution in [0.3, 0.4) is 0 Å². The lowest BCUT2D eigenvalue weighted by atomic mass is 10.2. The lowest BCUT2D eigenvalue weighted by Gasteiger charge is -2.09. The van der Waals surface area contributed by atoms with Crippen LogP contribution in [0.25, 0.3) is 0 Å². The standard InChI is InChI=1S/C13H19N3O/c1-9-2-5-11(8-12(9)14)15-6-7-16-13(17)10-3-4-10/h2,5,8,10,15H,3-4,6-7,14H2,1H3,(H,16,17). The molecular formula is C13H19N3O. The van der Waals surface area contributed by atoms with Crippen LogP contribution in [0.15, 0.2) is 18.2 Å². The molecular weight excluding hydrogens is 214 g/mol. The first-order valence-electron chi connectivity index (χ1n) is 6.04. The zero-order valence-corrected chi connectivity index (χ0v) is 10.1. The molecule has 1 aliphatic carbocycles. The van der Waals surface area contributed by atoms with Gasteiger partial charge in [-0.1, -0.05) is 6.07 Å². The van der Waals surface area contributed by atoms with Gasteiger partial charge in [0.2, 0.25) is 5.91 Å². The number of nitrogens with one attached hydrogen (secondary N) is 2. The van der Waals surface area contributed by atoms with Gasteiger partial charge in [-0.05, 0) is 37.5 Å². The number of aryl methyl sites for hydroxylation is 1. The van der Waals surface area contributed by atoms with Gasteiger partial charge < -0.3 is 16.4 Å². The van der Waals surface area contributed by atoms with Crippen LogP contribution >= 0.6 is 0 Å². The average Bonchev–Trinajstić information content (AvgIpc) is 3.13. The topological polar surface area (TPSA) is 67.1 Å². The molecule has 1 aliphatic rings. The van der Waals surface area contributed by atoms with Crippen molar-refractivity contribution < 1.29 is 4.79 Å². The highest BCUT2D eigenvalue weighted by atomic mass is 16.2. The SMILES string of the molecule is Cc1ccc(NCCNC(=O)C2CC2)cc1N. The second-order valence-electron chi connectivity index (χ2n) is 4.56. The van der Waals surface area contributed by atoms with Crippen LogP contribution in [-0.4, -0.2) is 19.0 Å². The largest absolute Gasteiger partial charge is 0.398 e. The molecule has 1 aromatic carbocycles. The van der Waals surface area contributed by atoms with Crippen LogP contribution < -0.4 is 16.4 Å². The van der Waals surface area contributed by atoms with E-state index in [9.17, 15) is 4.79 Å². The number of hydrogen-bond acceptors (Lipinski definition) is 3. The molecule has 0 unspecified atom stereocenters. The first-order valence-corrected chi connectivity index (χ1v) is 6.04. The fourth-order valence-electron chi connectivity index (χ4n) is 1.63. The van der Waals surface area contributed by atoms with Crippen LogP contribution in [0.5, 0.6) is 0 Å². The summed E-state index contributed by atoms with van der Waals surface area (Å²) in [6, 6.07) is 5.90. The molecule has 92 valence electrons. The third kappa shape index (κ3) is 3.37. The number of nitrogen functional groups attached to an aromatic ring is 1. The molecule has 0 atom stereocenters. The summed E-state index contributed by atoms with van der Waals surface area (Å²) in [7, 11) is 0. The summed E-state index contributed by atoms with van der Waals surface area (Å²) in [5, 5.41) is 6.14. The Hall–Kier alpha value is -1.71. The van der Waals surface area contributed by atoms with Gasteiger partial charge in [-0.2, -0.15) is 0 Å². The first kappa shape index (κ1) is 11.8. The lowest BCUT2D eigenvalue weighted by Crippen LogP contribution is -2.29. The van der Waals surface area contributed by atoms with E-state index in [4.69, 9.17) is 5.73 Å². The van der Waals surface area contributed by atoms with Gasteiger partial charge in [0, 0.05) is 30.4 Å². The van der Waals surface area contributed by atoms with E-state index in [1.54, 1.807) is 0 Å². The van der Waals surface area contributed by atoms with Crippen molar-refractivity contribution in [3.8, 4) is 0 Å². The maximum absolute atomic E-state index is 11.4. The highest BCUT2D eigenvalue weighted by Gasteiger charge is 2.28. The summed E-state index contributed by atoms with van der Waals surface area (Å²) in [4.78, 5) is 11.4. The zero-order valence-electron chi connectivity index (χ0n) is 10.1. The normalized spacial score (nSPS) is 14.4. The Morgan fingerprint density at radius 3 is 2.82 bits per heavy atom. The van der Waals surface area contributed by atoms with Gasteiger partial charge in [0.05, 0.1) is 0 Å². The summed E-state index contributed by atoms with van der Waals surface area (Å²) in [5.41, 5.74) is 8.68. The molecule has 0 spiro atoms. The van der Waals surface area contributed by atoms with E-state index < -0.39 is 0 Å². The number of anilines is 2. The molecule has 17 heavy (non-hydrogen) atoms. The van der Waals surface area contributed by atoms with E-state index >= 15 is 0 Å². The molecule has 4 nitrogen and oxygen atoms in total. The number of nitrogens with two attached hydrogens (primary N) is 1. The van der Waals surface area contributed by atoms with Crippen molar-refractivity contribution in [2.24, 2.45) is 5.92 Å². The zero-order chi connectivity index (χ0) is 12.3. The Morgan fingerprint density at radius 2 is 2.18 bits per heavy atom. The van der Waals surface area contributed by atoms with Gasteiger partial charge in [-0.15, -0.1) is 0 Å². The molecule has 1 aromatic rings. The molecule has 0 aromatic heterocycles. The summed E-state index contributed by atoms with van der Waals surface area (Å²) >= 11 is 0. The number of benzene rings is 1. The number of hydrogen-bond donors (Lipinski definition) is 3. The summed E-state index contributed by atoms with van der Waals surface area (Å²) < 4.78 is 0. The van der Waals surface area contributed by atoms with Crippen LogP contribution in [0.4, 0.5) is 11.4 Å². The fourth-order valence-corrected chi connectivity index (χ4v) is 1.63. The van der Waals surface area contributed by atoms with Gasteiger partial charge in [-0.3, -0.25) is 4.79 Å². The van der Waals surface area contributed by atoms with Crippen molar-refractivity contribution in [1.29, 1.82) is 0 Å². The van der Waals surface area contributed by atoms with Crippen molar-refractivity contribution in [3.63, 3.8) is 0 Å². The molecule has 1 fully saturated rings.